The first-order valence-electron chi connectivity index (χ1n) is 7.52. The van der Waals surface area contributed by atoms with E-state index >= 15 is 0 Å². The molecule has 0 saturated carbocycles. The second kappa shape index (κ2) is 7.97. The van der Waals surface area contributed by atoms with Crippen LogP contribution >= 0.6 is 0 Å². The quantitative estimate of drug-likeness (QED) is 0.362. The van der Waals surface area contributed by atoms with Gasteiger partial charge in [0.25, 0.3) is 0 Å². The second-order valence-electron chi connectivity index (χ2n) is 5.18. The zero-order valence-electron chi connectivity index (χ0n) is 13.3. The number of aromatic hydroxyl groups is 1. The molecule has 0 aliphatic rings. The van der Waals surface area contributed by atoms with Gasteiger partial charge in [0.1, 0.15) is 5.75 Å². The Kier molecular flexibility index (Phi) is 5.73. The highest BCUT2D eigenvalue weighted by atomic mass is 17.2. The first-order chi connectivity index (χ1) is 11.5. The Morgan fingerprint density at radius 1 is 1.12 bits per heavy atom. The molecule has 0 amide bonds. The zero-order chi connectivity index (χ0) is 17.5. The molecule has 24 heavy (non-hydrogen) atoms. The number of hydrogen-bond acceptors (Lipinski definition) is 5. The van der Waals surface area contributed by atoms with Gasteiger partial charge in [-0.15, -0.1) is 0 Å². The summed E-state index contributed by atoms with van der Waals surface area (Å²) in [4.78, 5) is 33.4. The third kappa shape index (κ3) is 4.23. The molecule has 5 heteroatoms. The van der Waals surface area contributed by atoms with Crippen LogP contribution in [0.2, 0.25) is 0 Å². The fourth-order valence-corrected chi connectivity index (χ4v) is 2.05. The first kappa shape index (κ1) is 17.3. The number of ketones is 1. The molecule has 0 aromatic heterocycles. The van der Waals surface area contributed by atoms with Gasteiger partial charge in [-0.25, -0.2) is 9.68 Å². The second-order valence-corrected chi connectivity index (χ2v) is 5.18. The van der Waals surface area contributed by atoms with Crippen LogP contribution in [0.5, 0.6) is 11.5 Å². The molecule has 5 nitrogen and oxygen atoms in total. The van der Waals surface area contributed by atoms with E-state index in [0.29, 0.717) is 17.6 Å². The van der Waals surface area contributed by atoms with Gasteiger partial charge in [0.05, 0.1) is 5.56 Å². The third-order valence-electron chi connectivity index (χ3n) is 3.30. The highest BCUT2D eigenvalue weighted by molar-refractivity contribution is 6.10. The maximum absolute atomic E-state index is 12.3. The number of carbonyl (C=O) groups is 2. The lowest BCUT2D eigenvalue weighted by atomic mass is 10.0. The minimum Gasteiger partial charge on any atom is -0.507 e. The number of phenolic OH excluding ortho intramolecular Hbond substituents is 1. The van der Waals surface area contributed by atoms with Crippen molar-refractivity contribution in [1.29, 1.82) is 0 Å². The van der Waals surface area contributed by atoms with Gasteiger partial charge in [-0.05, 0) is 18.6 Å². The van der Waals surface area contributed by atoms with Gasteiger partial charge >= 0.3 is 5.97 Å². The summed E-state index contributed by atoms with van der Waals surface area (Å²) in [6.45, 7) is 5.51. The molecule has 0 unspecified atom stereocenters. The summed E-state index contributed by atoms with van der Waals surface area (Å²) in [5, 5.41) is 10.0. The summed E-state index contributed by atoms with van der Waals surface area (Å²) < 4.78 is 0. The molecule has 124 valence electrons. The molecular formula is C19H18O5. The molecule has 0 spiro atoms. The number of phenols is 1. The largest absolute Gasteiger partial charge is 0.507 e. The minimum atomic E-state index is -0.666. The zero-order valence-corrected chi connectivity index (χ0v) is 13.3. The molecule has 0 aliphatic carbocycles. The van der Waals surface area contributed by atoms with Crippen molar-refractivity contribution in [2.24, 2.45) is 0 Å². The molecular weight excluding hydrogens is 308 g/mol. The summed E-state index contributed by atoms with van der Waals surface area (Å²) in [5.74, 6) is -1.13. The molecule has 0 saturated heterocycles. The van der Waals surface area contributed by atoms with E-state index in [1.807, 2.05) is 6.92 Å². The van der Waals surface area contributed by atoms with E-state index in [-0.39, 0.29) is 22.8 Å². The Hall–Kier alpha value is -3.08. The number of carbonyl (C=O) groups excluding carboxylic acids is 2. The van der Waals surface area contributed by atoms with E-state index < -0.39 is 5.97 Å². The van der Waals surface area contributed by atoms with E-state index in [4.69, 9.17) is 4.89 Å². The maximum atomic E-state index is 12.3. The van der Waals surface area contributed by atoms with Crippen LogP contribution in [0.25, 0.3) is 0 Å². The van der Waals surface area contributed by atoms with Crippen LogP contribution < -0.4 is 4.89 Å². The SMILES string of the molecule is C=C(CCC)C(=O)OOc1ccc(C(=O)c2ccccc2)c(O)c1. The van der Waals surface area contributed by atoms with Crippen LogP contribution in [-0.2, 0) is 9.68 Å². The van der Waals surface area contributed by atoms with Crippen molar-refractivity contribution in [2.45, 2.75) is 19.8 Å². The maximum Gasteiger partial charge on any atom is 0.381 e. The standard InChI is InChI=1S/C19H18O5/c1-3-7-13(2)19(22)24-23-15-10-11-16(17(20)12-15)18(21)14-8-5-4-6-9-14/h4-6,8-12,20H,2-3,7H2,1H3. The summed E-state index contributed by atoms with van der Waals surface area (Å²) in [6.07, 6.45) is 1.28. The number of rotatable bonds is 7. The summed E-state index contributed by atoms with van der Waals surface area (Å²) >= 11 is 0. The average Bonchev–Trinajstić information content (AvgIpc) is 2.60. The predicted octanol–water partition coefficient (Wildman–Crippen LogP) is 3.82. The Morgan fingerprint density at radius 2 is 1.83 bits per heavy atom. The lowest BCUT2D eigenvalue weighted by Crippen LogP contribution is -2.10. The Morgan fingerprint density at radius 3 is 2.46 bits per heavy atom. The fraction of sp³-hybridized carbons (Fsp3) is 0.158. The fourth-order valence-electron chi connectivity index (χ4n) is 2.05. The molecule has 0 aliphatic heterocycles. The van der Waals surface area contributed by atoms with Crippen LogP contribution in [0.3, 0.4) is 0 Å². The molecule has 2 aromatic rings. The van der Waals surface area contributed by atoms with Gasteiger partial charge in [0.15, 0.2) is 11.5 Å². The van der Waals surface area contributed by atoms with E-state index in [1.54, 1.807) is 30.3 Å². The smallest absolute Gasteiger partial charge is 0.381 e. The van der Waals surface area contributed by atoms with Crippen LogP contribution in [0, 0.1) is 0 Å². The number of benzene rings is 2. The lowest BCUT2D eigenvalue weighted by molar-refractivity contribution is -0.208. The van der Waals surface area contributed by atoms with E-state index in [9.17, 15) is 14.7 Å². The van der Waals surface area contributed by atoms with Crippen molar-refractivity contribution in [3.63, 3.8) is 0 Å². The van der Waals surface area contributed by atoms with Crippen molar-refractivity contribution < 1.29 is 24.5 Å². The molecule has 0 fully saturated rings. The lowest BCUT2D eigenvalue weighted by Gasteiger charge is -2.08. The predicted molar refractivity (Wildman–Crippen MR) is 88.7 cm³/mol. The highest BCUT2D eigenvalue weighted by Crippen LogP contribution is 2.26. The molecule has 1 N–H and O–H groups in total. The van der Waals surface area contributed by atoms with Crippen molar-refractivity contribution >= 4 is 11.8 Å². The van der Waals surface area contributed by atoms with E-state index in [0.717, 1.165) is 6.42 Å². The van der Waals surface area contributed by atoms with Crippen LogP contribution in [0.15, 0.2) is 60.7 Å². The Bertz CT molecular complexity index is 750. The summed E-state index contributed by atoms with van der Waals surface area (Å²) in [7, 11) is 0. The van der Waals surface area contributed by atoms with Crippen LogP contribution in [0.4, 0.5) is 0 Å². The van der Waals surface area contributed by atoms with Crippen molar-refractivity contribution in [1.82, 2.24) is 0 Å². The number of hydrogen-bond donors (Lipinski definition) is 1. The molecule has 2 aromatic carbocycles. The summed E-state index contributed by atoms with van der Waals surface area (Å²) in [6, 6.07) is 12.7. The highest BCUT2D eigenvalue weighted by Gasteiger charge is 2.15. The van der Waals surface area contributed by atoms with Gasteiger partial charge < -0.3 is 5.11 Å². The van der Waals surface area contributed by atoms with Crippen molar-refractivity contribution in [2.75, 3.05) is 0 Å². The van der Waals surface area contributed by atoms with Gasteiger partial charge in [0, 0.05) is 17.2 Å². The van der Waals surface area contributed by atoms with Gasteiger partial charge in [-0.1, -0.05) is 50.3 Å². The average molecular weight is 326 g/mol. The summed E-state index contributed by atoms with van der Waals surface area (Å²) in [5.41, 5.74) is 0.900. The van der Waals surface area contributed by atoms with Crippen LogP contribution in [-0.4, -0.2) is 16.9 Å². The Balaban J connectivity index is 2.06. The molecule has 0 heterocycles. The van der Waals surface area contributed by atoms with Gasteiger partial charge in [-0.2, -0.15) is 0 Å². The Labute approximate surface area is 140 Å². The molecule has 0 atom stereocenters. The van der Waals surface area contributed by atoms with Gasteiger partial charge in [0.2, 0.25) is 0 Å². The van der Waals surface area contributed by atoms with E-state index in [1.165, 1.54) is 18.2 Å². The van der Waals surface area contributed by atoms with Gasteiger partial charge in [-0.3, -0.25) is 9.68 Å². The first-order valence-corrected chi connectivity index (χ1v) is 7.52. The van der Waals surface area contributed by atoms with Crippen molar-refractivity contribution in [3.05, 3.63) is 71.8 Å². The molecule has 0 radical (unpaired) electrons. The van der Waals surface area contributed by atoms with E-state index in [2.05, 4.69) is 11.5 Å². The molecule has 2 rings (SSSR count). The topological polar surface area (TPSA) is 72.8 Å². The van der Waals surface area contributed by atoms with Crippen LogP contribution in [0.1, 0.15) is 35.7 Å². The minimum absolute atomic E-state index is 0.106. The normalized spacial score (nSPS) is 10.0. The van der Waals surface area contributed by atoms with Crippen molar-refractivity contribution in [3.8, 4) is 11.5 Å². The third-order valence-corrected chi connectivity index (χ3v) is 3.30. The molecule has 0 bridgehead atoms. The monoisotopic (exact) mass is 326 g/mol.